The lowest BCUT2D eigenvalue weighted by atomic mass is 10.1. The summed E-state index contributed by atoms with van der Waals surface area (Å²) < 4.78 is 68.5. The smallest absolute Gasteiger partial charge is 0.462 e. The van der Waals surface area contributed by atoms with E-state index in [1.54, 1.807) is 0 Å². The molecule has 5 unspecified atom stereocenters. The minimum Gasteiger partial charge on any atom is -0.462 e. The van der Waals surface area contributed by atoms with Crippen LogP contribution in [0.2, 0.25) is 0 Å². The van der Waals surface area contributed by atoms with Gasteiger partial charge in [-0.1, -0.05) is 285 Å². The highest BCUT2D eigenvalue weighted by Gasteiger charge is 2.30. The molecule has 0 fully saturated rings. The first-order valence-electron chi connectivity index (χ1n) is 39.5. The molecule has 17 nitrogen and oxygen atoms in total. The molecule has 3 N–H and O–H groups in total. The summed E-state index contributed by atoms with van der Waals surface area (Å²) in [5.74, 6) is -2.20. The van der Waals surface area contributed by atoms with Crippen LogP contribution >= 0.6 is 15.6 Å². The lowest BCUT2D eigenvalue weighted by Crippen LogP contribution is -2.30. The summed E-state index contributed by atoms with van der Waals surface area (Å²) in [4.78, 5) is 72.9. The number of esters is 4. The van der Waals surface area contributed by atoms with Crippen LogP contribution in [0.15, 0.2) is 97.2 Å². The Kier molecular flexibility index (Phi) is 70.4. The Hall–Kier alpha value is -4.02. The van der Waals surface area contributed by atoms with E-state index in [1.807, 2.05) is 0 Å². The third kappa shape index (κ3) is 72.3. The number of rotatable bonds is 74. The molecule has 0 radical (unpaired) electrons. The third-order valence-electron chi connectivity index (χ3n) is 16.5. The monoisotopic (exact) mass is 1450 g/mol. The average Bonchev–Trinajstić information content (AvgIpc) is 0.953. The van der Waals surface area contributed by atoms with Crippen molar-refractivity contribution in [1.82, 2.24) is 0 Å². The van der Waals surface area contributed by atoms with Gasteiger partial charge >= 0.3 is 39.5 Å². The number of unbranched alkanes of at least 4 members (excludes halogenated alkanes) is 32. The van der Waals surface area contributed by atoms with Crippen molar-refractivity contribution < 1.29 is 80.2 Å². The fraction of sp³-hybridized carbons (Fsp3) is 0.753. The van der Waals surface area contributed by atoms with Gasteiger partial charge in [0.05, 0.1) is 26.4 Å². The van der Waals surface area contributed by atoms with Crippen LogP contribution in [-0.4, -0.2) is 96.7 Å². The van der Waals surface area contributed by atoms with Crippen LogP contribution in [0.5, 0.6) is 0 Å². The molecule has 0 aliphatic carbocycles. The molecule has 0 aliphatic heterocycles. The van der Waals surface area contributed by atoms with Gasteiger partial charge in [-0.2, -0.15) is 0 Å². The number of hydrogen-bond acceptors (Lipinski definition) is 15. The van der Waals surface area contributed by atoms with Crippen molar-refractivity contribution in [3.63, 3.8) is 0 Å². The van der Waals surface area contributed by atoms with Gasteiger partial charge in [0, 0.05) is 25.7 Å². The van der Waals surface area contributed by atoms with Crippen LogP contribution in [0.25, 0.3) is 0 Å². The Labute approximate surface area is 607 Å². The second kappa shape index (κ2) is 73.3. The van der Waals surface area contributed by atoms with Gasteiger partial charge in [-0.05, 0) is 122 Å². The average molecular weight is 1450 g/mol. The van der Waals surface area contributed by atoms with Crippen LogP contribution in [0, 0.1) is 0 Å². The van der Waals surface area contributed by atoms with Crippen molar-refractivity contribution in [2.24, 2.45) is 0 Å². The number of phosphoric ester groups is 2. The number of carbonyl (C=O) groups is 4. The maximum Gasteiger partial charge on any atom is 0.472 e. The van der Waals surface area contributed by atoms with Gasteiger partial charge in [-0.15, -0.1) is 0 Å². The zero-order valence-electron chi connectivity index (χ0n) is 63.1. The Bertz CT molecular complexity index is 2270. The summed E-state index contributed by atoms with van der Waals surface area (Å²) in [5, 5.41) is 10.6. The summed E-state index contributed by atoms with van der Waals surface area (Å²) in [6.45, 7) is 4.68. The topological polar surface area (TPSA) is 237 Å². The van der Waals surface area contributed by atoms with Crippen molar-refractivity contribution in [3.05, 3.63) is 97.2 Å². The predicted octanol–water partition coefficient (Wildman–Crippen LogP) is 22.8. The SMILES string of the molecule is CC/C=C\C/C=C\C/C=C\C/C=C\CCCCCCCCC(=O)OCC(COP(=O)(O)OCC(O)COP(=O)(O)OCC(COC(=O)CCCCCCCC/C=C\C/C=C\C/C=C\CCCCC)OC(=O)CCCCCCCCCCCCC)OC(=O)CCCCCCC/C=C\CCCC. The highest BCUT2D eigenvalue weighted by molar-refractivity contribution is 7.47. The van der Waals surface area contributed by atoms with Crippen molar-refractivity contribution in [3.8, 4) is 0 Å². The summed E-state index contributed by atoms with van der Waals surface area (Å²) >= 11 is 0. The van der Waals surface area contributed by atoms with E-state index in [0.717, 1.165) is 186 Å². The second-order valence-corrected chi connectivity index (χ2v) is 29.2. The molecular weight excluding hydrogens is 1310 g/mol. The summed E-state index contributed by atoms with van der Waals surface area (Å²) in [7, 11) is -9.95. The molecule has 0 aromatic rings. The molecule has 0 aromatic heterocycles. The van der Waals surface area contributed by atoms with E-state index in [0.29, 0.717) is 25.7 Å². The van der Waals surface area contributed by atoms with Gasteiger partial charge in [-0.25, -0.2) is 9.13 Å². The molecule has 19 heteroatoms. The van der Waals surface area contributed by atoms with E-state index in [2.05, 4.69) is 125 Å². The number of carbonyl (C=O) groups excluding carboxylic acids is 4. The number of allylic oxidation sites excluding steroid dienone is 16. The van der Waals surface area contributed by atoms with Crippen molar-refractivity contribution in [1.29, 1.82) is 0 Å². The molecule has 578 valence electrons. The third-order valence-corrected chi connectivity index (χ3v) is 18.4. The Morgan fingerprint density at radius 2 is 0.530 bits per heavy atom. The van der Waals surface area contributed by atoms with Gasteiger partial charge in [0.1, 0.15) is 19.3 Å². The molecule has 0 aromatic carbocycles. The Morgan fingerprint density at radius 3 is 0.860 bits per heavy atom. The first-order chi connectivity index (χ1) is 48.7. The van der Waals surface area contributed by atoms with Gasteiger partial charge in [0.2, 0.25) is 0 Å². The van der Waals surface area contributed by atoms with Gasteiger partial charge in [0.15, 0.2) is 12.2 Å². The summed E-state index contributed by atoms with van der Waals surface area (Å²) in [6, 6.07) is 0. The lowest BCUT2D eigenvalue weighted by molar-refractivity contribution is -0.161. The molecule has 0 amide bonds. The Balaban J connectivity index is 5.27. The first kappa shape index (κ1) is 96.0. The highest BCUT2D eigenvalue weighted by atomic mass is 31.2. The zero-order chi connectivity index (χ0) is 73.2. The van der Waals surface area contributed by atoms with E-state index < -0.39 is 97.5 Å². The van der Waals surface area contributed by atoms with E-state index >= 15 is 0 Å². The first-order valence-corrected chi connectivity index (χ1v) is 42.5. The molecule has 0 rings (SSSR count). The van der Waals surface area contributed by atoms with Gasteiger partial charge in [-0.3, -0.25) is 37.3 Å². The van der Waals surface area contributed by atoms with E-state index in [1.165, 1.54) is 70.6 Å². The fourth-order valence-electron chi connectivity index (χ4n) is 10.5. The largest absolute Gasteiger partial charge is 0.472 e. The minimum absolute atomic E-state index is 0.0814. The molecule has 0 saturated carbocycles. The Morgan fingerprint density at radius 1 is 0.290 bits per heavy atom. The zero-order valence-corrected chi connectivity index (χ0v) is 64.9. The predicted molar refractivity (Wildman–Crippen MR) is 409 cm³/mol. The molecule has 5 atom stereocenters. The minimum atomic E-state index is -4.98. The number of ether oxygens (including phenoxy) is 4. The molecule has 0 spiro atoms. The number of aliphatic hydroxyl groups is 1. The fourth-order valence-corrected chi connectivity index (χ4v) is 12.1. The molecule has 0 saturated heterocycles. The summed E-state index contributed by atoms with van der Waals surface area (Å²) in [5.41, 5.74) is 0. The van der Waals surface area contributed by atoms with Crippen molar-refractivity contribution in [2.45, 2.75) is 354 Å². The number of hydrogen-bond donors (Lipinski definition) is 3. The van der Waals surface area contributed by atoms with Gasteiger partial charge < -0.3 is 33.8 Å². The van der Waals surface area contributed by atoms with Crippen LogP contribution in [0.1, 0.15) is 336 Å². The van der Waals surface area contributed by atoms with E-state index in [4.69, 9.17) is 37.0 Å². The van der Waals surface area contributed by atoms with Gasteiger partial charge in [0.25, 0.3) is 0 Å². The van der Waals surface area contributed by atoms with Crippen molar-refractivity contribution >= 4 is 39.5 Å². The highest BCUT2D eigenvalue weighted by Crippen LogP contribution is 2.45. The van der Waals surface area contributed by atoms with E-state index in [9.17, 15) is 43.2 Å². The lowest BCUT2D eigenvalue weighted by Gasteiger charge is -2.21. The second-order valence-electron chi connectivity index (χ2n) is 26.3. The quantitative estimate of drug-likeness (QED) is 0.0169. The maximum absolute atomic E-state index is 13.1. The molecule has 0 aliphatic rings. The van der Waals surface area contributed by atoms with Crippen LogP contribution in [0.4, 0.5) is 0 Å². The van der Waals surface area contributed by atoms with Crippen LogP contribution in [-0.2, 0) is 65.4 Å². The van der Waals surface area contributed by atoms with E-state index in [-0.39, 0.29) is 25.7 Å². The number of aliphatic hydroxyl groups excluding tert-OH is 1. The number of phosphoric acid groups is 2. The molecule has 0 bridgehead atoms. The maximum atomic E-state index is 13.1. The van der Waals surface area contributed by atoms with Crippen LogP contribution < -0.4 is 0 Å². The standard InChI is InChI=1S/C81H142O17P2/c1-5-9-13-17-21-25-29-31-33-35-37-39-41-43-47-49-53-57-61-65-78(83)91-71-76(97-80(85)67-63-59-55-51-45-27-23-19-15-11-7-3)73-95-99(87,88)93-69-75(82)70-94-100(89,90)96-74-77(98-81(86)68-64-60-56-52-46-28-24-20-16-12-8-4)72-92-79(84)66-62-58-54-50-48-44-42-40-38-36-34-32-30-26-22-18-14-10-6-2/h9,13,19,21-23,25-26,31-34,37-40,75-77,82H,5-8,10-12,14-18,20,24,27-30,35-36,41-74H2,1-4H3,(H,87,88)(H,89,90)/b13-9-,23-19-,25-21-,26-22-,33-31-,34-32-,39-37-,40-38-. The normalized spacial score (nSPS) is 14.4. The molecule has 0 heterocycles. The van der Waals surface area contributed by atoms with Crippen molar-refractivity contribution in [2.75, 3.05) is 39.6 Å². The molecule has 100 heavy (non-hydrogen) atoms. The molecular formula is C81H142O17P2. The summed E-state index contributed by atoms with van der Waals surface area (Å²) in [6.07, 6.45) is 76.8. The van der Waals surface area contributed by atoms with Crippen LogP contribution in [0.3, 0.4) is 0 Å².